The maximum Gasteiger partial charge on any atom is 0.161 e. The number of rotatable bonds is 5. The Labute approximate surface area is 122 Å². The van der Waals surface area contributed by atoms with Gasteiger partial charge in [-0.25, -0.2) is 0 Å². The SMILES string of the molecule is CCCC1CCC(N)(c2ccc(OC)c(OC)c2)CC1. The fraction of sp³-hybridized carbons (Fsp3) is 0.647. The fourth-order valence-corrected chi connectivity index (χ4v) is 3.32. The van der Waals surface area contributed by atoms with E-state index in [0.29, 0.717) is 0 Å². The number of hydrogen-bond acceptors (Lipinski definition) is 3. The highest BCUT2D eigenvalue weighted by Crippen LogP contribution is 2.41. The summed E-state index contributed by atoms with van der Waals surface area (Å²) >= 11 is 0. The number of methoxy groups -OCH3 is 2. The van der Waals surface area contributed by atoms with Crippen LogP contribution >= 0.6 is 0 Å². The predicted octanol–water partition coefficient (Wildman–Crippen LogP) is 3.85. The molecule has 1 aromatic carbocycles. The van der Waals surface area contributed by atoms with Crippen LogP contribution in [-0.4, -0.2) is 14.2 Å². The van der Waals surface area contributed by atoms with Crippen LogP contribution in [0.4, 0.5) is 0 Å². The van der Waals surface area contributed by atoms with Crippen molar-refractivity contribution < 1.29 is 9.47 Å². The maximum atomic E-state index is 6.66. The van der Waals surface area contributed by atoms with Gasteiger partial charge in [0.25, 0.3) is 0 Å². The lowest BCUT2D eigenvalue weighted by Crippen LogP contribution is -2.40. The summed E-state index contributed by atoms with van der Waals surface area (Å²) in [5.41, 5.74) is 7.62. The third-order valence-corrected chi connectivity index (χ3v) is 4.65. The van der Waals surface area contributed by atoms with Crippen LogP contribution in [0.1, 0.15) is 51.0 Å². The zero-order valence-electron chi connectivity index (χ0n) is 12.9. The minimum atomic E-state index is -0.205. The van der Waals surface area contributed by atoms with Crippen LogP contribution < -0.4 is 15.2 Å². The average molecular weight is 277 g/mol. The minimum Gasteiger partial charge on any atom is -0.493 e. The molecular formula is C17H27NO2. The van der Waals surface area contributed by atoms with Gasteiger partial charge in [-0.3, -0.25) is 0 Å². The van der Waals surface area contributed by atoms with Crippen molar-refractivity contribution in [1.82, 2.24) is 0 Å². The summed E-state index contributed by atoms with van der Waals surface area (Å²) in [4.78, 5) is 0. The molecule has 1 fully saturated rings. The van der Waals surface area contributed by atoms with Crippen molar-refractivity contribution in [2.24, 2.45) is 11.7 Å². The van der Waals surface area contributed by atoms with Gasteiger partial charge in [0.1, 0.15) is 0 Å². The largest absolute Gasteiger partial charge is 0.493 e. The molecule has 0 bridgehead atoms. The van der Waals surface area contributed by atoms with Gasteiger partial charge in [-0.1, -0.05) is 25.8 Å². The Hall–Kier alpha value is -1.22. The van der Waals surface area contributed by atoms with Crippen LogP contribution in [0, 0.1) is 5.92 Å². The molecule has 0 atom stereocenters. The third kappa shape index (κ3) is 3.09. The monoisotopic (exact) mass is 277 g/mol. The van der Waals surface area contributed by atoms with Gasteiger partial charge in [0.2, 0.25) is 0 Å². The van der Waals surface area contributed by atoms with Crippen LogP contribution in [0.5, 0.6) is 11.5 Å². The Morgan fingerprint density at radius 1 is 1.15 bits per heavy atom. The highest BCUT2D eigenvalue weighted by atomic mass is 16.5. The van der Waals surface area contributed by atoms with E-state index in [0.717, 1.165) is 30.3 Å². The van der Waals surface area contributed by atoms with E-state index in [-0.39, 0.29) is 5.54 Å². The fourth-order valence-electron chi connectivity index (χ4n) is 3.32. The molecule has 0 saturated heterocycles. The summed E-state index contributed by atoms with van der Waals surface area (Å²) in [5.74, 6) is 2.39. The first-order valence-corrected chi connectivity index (χ1v) is 7.64. The van der Waals surface area contributed by atoms with E-state index in [9.17, 15) is 0 Å². The van der Waals surface area contributed by atoms with Crippen LogP contribution in [0.3, 0.4) is 0 Å². The highest BCUT2D eigenvalue weighted by molar-refractivity contribution is 5.45. The molecule has 0 spiro atoms. The summed E-state index contributed by atoms with van der Waals surface area (Å²) in [6.45, 7) is 2.26. The smallest absolute Gasteiger partial charge is 0.161 e. The van der Waals surface area contributed by atoms with Gasteiger partial charge < -0.3 is 15.2 Å². The summed E-state index contributed by atoms with van der Waals surface area (Å²) in [5, 5.41) is 0. The van der Waals surface area contributed by atoms with Crippen LogP contribution in [0.25, 0.3) is 0 Å². The van der Waals surface area contributed by atoms with E-state index in [1.165, 1.54) is 31.2 Å². The van der Waals surface area contributed by atoms with Gasteiger partial charge in [0, 0.05) is 5.54 Å². The first-order chi connectivity index (χ1) is 9.62. The molecule has 1 aromatic rings. The van der Waals surface area contributed by atoms with Gasteiger partial charge in [-0.05, 0) is 49.3 Å². The van der Waals surface area contributed by atoms with Crippen molar-refractivity contribution in [3.05, 3.63) is 23.8 Å². The first kappa shape index (κ1) is 15.2. The Balaban J connectivity index is 2.15. The van der Waals surface area contributed by atoms with Gasteiger partial charge in [-0.2, -0.15) is 0 Å². The number of hydrogen-bond donors (Lipinski definition) is 1. The van der Waals surface area contributed by atoms with Crippen molar-refractivity contribution in [2.45, 2.75) is 51.0 Å². The lowest BCUT2D eigenvalue weighted by molar-refractivity contribution is 0.225. The number of ether oxygens (including phenoxy) is 2. The average Bonchev–Trinajstić information content (AvgIpc) is 2.49. The molecule has 0 radical (unpaired) electrons. The molecule has 1 aliphatic rings. The second kappa shape index (κ2) is 6.49. The van der Waals surface area contributed by atoms with E-state index in [4.69, 9.17) is 15.2 Å². The highest BCUT2D eigenvalue weighted by Gasteiger charge is 2.33. The van der Waals surface area contributed by atoms with E-state index in [1.807, 2.05) is 12.1 Å². The normalized spacial score (nSPS) is 26.3. The summed E-state index contributed by atoms with van der Waals surface area (Å²) in [6.07, 6.45) is 7.21. The summed E-state index contributed by atoms with van der Waals surface area (Å²) in [6, 6.07) is 6.08. The van der Waals surface area contributed by atoms with E-state index in [2.05, 4.69) is 13.0 Å². The van der Waals surface area contributed by atoms with E-state index >= 15 is 0 Å². The Bertz CT molecular complexity index is 437. The van der Waals surface area contributed by atoms with Gasteiger partial charge in [0.05, 0.1) is 14.2 Å². The lowest BCUT2D eigenvalue weighted by Gasteiger charge is -2.38. The van der Waals surface area contributed by atoms with Gasteiger partial charge >= 0.3 is 0 Å². The molecule has 0 unspecified atom stereocenters. The molecule has 1 aliphatic carbocycles. The summed E-state index contributed by atoms with van der Waals surface area (Å²) < 4.78 is 10.7. The maximum absolute atomic E-state index is 6.66. The topological polar surface area (TPSA) is 44.5 Å². The molecule has 20 heavy (non-hydrogen) atoms. The molecule has 3 heteroatoms. The molecule has 3 nitrogen and oxygen atoms in total. The van der Waals surface area contributed by atoms with Crippen molar-refractivity contribution in [2.75, 3.05) is 14.2 Å². The first-order valence-electron chi connectivity index (χ1n) is 7.64. The molecule has 0 aromatic heterocycles. The second-order valence-electron chi connectivity index (χ2n) is 5.96. The predicted molar refractivity (Wildman–Crippen MR) is 82.3 cm³/mol. The molecule has 2 rings (SSSR count). The minimum absolute atomic E-state index is 0.205. The van der Waals surface area contributed by atoms with E-state index in [1.54, 1.807) is 14.2 Å². The van der Waals surface area contributed by atoms with Gasteiger partial charge in [0.15, 0.2) is 11.5 Å². The quantitative estimate of drug-likeness (QED) is 0.889. The third-order valence-electron chi connectivity index (χ3n) is 4.65. The lowest BCUT2D eigenvalue weighted by atomic mass is 9.72. The summed E-state index contributed by atoms with van der Waals surface area (Å²) in [7, 11) is 3.33. The number of benzene rings is 1. The zero-order chi connectivity index (χ0) is 14.6. The standard InChI is InChI=1S/C17H27NO2/c1-4-5-13-8-10-17(18,11-9-13)14-6-7-15(19-2)16(12-14)20-3/h6-7,12-13H,4-5,8-11,18H2,1-3H3. The molecular weight excluding hydrogens is 250 g/mol. The Kier molecular flexibility index (Phi) is 4.92. The molecule has 0 aliphatic heterocycles. The Morgan fingerprint density at radius 2 is 1.80 bits per heavy atom. The van der Waals surface area contributed by atoms with Gasteiger partial charge in [-0.15, -0.1) is 0 Å². The molecule has 1 saturated carbocycles. The number of nitrogens with two attached hydrogens (primary N) is 1. The van der Waals surface area contributed by atoms with E-state index < -0.39 is 0 Å². The second-order valence-corrected chi connectivity index (χ2v) is 5.96. The Morgan fingerprint density at radius 3 is 2.35 bits per heavy atom. The van der Waals surface area contributed by atoms with Crippen molar-refractivity contribution in [3.8, 4) is 11.5 Å². The van der Waals surface area contributed by atoms with Crippen LogP contribution in [0.2, 0.25) is 0 Å². The van der Waals surface area contributed by atoms with Crippen molar-refractivity contribution in [3.63, 3.8) is 0 Å². The molecule has 112 valence electrons. The van der Waals surface area contributed by atoms with Crippen molar-refractivity contribution >= 4 is 0 Å². The molecule has 2 N–H and O–H groups in total. The van der Waals surface area contributed by atoms with Crippen LogP contribution in [-0.2, 0) is 5.54 Å². The molecule has 0 amide bonds. The zero-order valence-corrected chi connectivity index (χ0v) is 12.9. The van der Waals surface area contributed by atoms with Crippen LogP contribution in [0.15, 0.2) is 18.2 Å². The van der Waals surface area contributed by atoms with Crippen molar-refractivity contribution in [1.29, 1.82) is 0 Å². The molecule has 0 heterocycles.